The van der Waals surface area contributed by atoms with Gasteiger partial charge in [0.2, 0.25) is 6.21 Å². The van der Waals surface area contributed by atoms with Crippen molar-refractivity contribution in [1.29, 1.82) is 0 Å². The molecule has 0 atom stereocenters. The van der Waals surface area contributed by atoms with Crippen molar-refractivity contribution in [2.24, 2.45) is 0 Å². The van der Waals surface area contributed by atoms with Crippen molar-refractivity contribution in [3.8, 4) is 5.69 Å². The summed E-state index contributed by atoms with van der Waals surface area (Å²) in [6, 6.07) is 14.8. The molecule has 1 N–H and O–H groups in total. The van der Waals surface area contributed by atoms with Crippen LogP contribution < -0.4 is 5.43 Å². The number of aromatic nitrogens is 3. The lowest BCUT2D eigenvalue weighted by molar-refractivity contribution is -0.402. The second-order valence-electron chi connectivity index (χ2n) is 5.54. The lowest BCUT2D eigenvalue weighted by atomic mass is 10.1. The second kappa shape index (κ2) is 4.80. The maximum Gasteiger partial charge on any atom is 0.284 e. The van der Waals surface area contributed by atoms with Crippen LogP contribution in [-0.4, -0.2) is 25.7 Å². The third kappa shape index (κ3) is 2.07. The molecule has 5 heteroatoms. The van der Waals surface area contributed by atoms with Crippen molar-refractivity contribution in [1.82, 2.24) is 14.8 Å². The van der Waals surface area contributed by atoms with E-state index < -0.39 is 0 Å². The molecule has 0 unspecified atom stereocenters. The molecule has 2 heterocycles. The SMILES string of the molecule is Cc1ccc(/C=[N+]2\Nc3nncn3-c3ccc(C)cc32)cc1. The van der Waals surface area contributed by atoms with E-state index in [1.165, 1.54) is 11.1 Å². The quantitative estimate of drug-likeness (QED) is 0.701. The van der Waals surface area contributed by atoms with E-state index in [1.54, 1.807) is 6.33 Å². The highest BCUT2D eigenvalue weighted by Gasteiger charge is 2.27. The molecule has 1 aliphatic heterocycles. The topological polar surface area (TPSA) is 45.8 Å². The molecule has 5 nitrogen and oxygen atoms in total. The highest BCUT2D eigenvalue weighted by Crippen LogP contribution is 2.30. The number of rotatable bonds is 1. The number of anilines is 1. The zero-order chi connectivity index (χ0) is 15.1. The molecule has 0 fully saturated rings. The van der Waals surface area contributed by atoms with Gasteiger partial charge in [-0.2, -0.15) is 0 Å². The average molecular weight is 290 g/mol. The van der Waals surface area contributed by atoms with Gasteiger partial charge in [0.25, 0.3) is 11.6 Å². The van der Waals surface area contributed by atoms with Gasteiger partial charge in [-0.25, -0.2) is 0 Å². The Morgan fingerprint density at radius 3 is 2.64 bits per heavy atom. The summed E-state index contributed by atoms with van der Waals surface area (Å²) >= 11 is 0. The molecular formula is C17H16N5+. The number of benzene rings is 2. The molecular weight excluding hydrogens is 274 g/mol. The average Bonchev–Trinajstić information content (AvgIpc) is 2.98. The zero-order valence-corrected chi connectivity index (χ0v) is 12.5. The van der Waals surface area contributed by atoms with Crippen LogP contribution in [0.4, 0.5) is 11.6 Å². The number of nitrogens with one attached hydrogen (secondary N) is 1. The summed E-state index contributed by atoms with van der Waals surface area (Å²) in [6.07, 6.45) is 3.79. The summed E-state index contributed by atoms with van der Waals surface area (Å²) in [5, 5.41) is 8.11. The number of nitrogens with zero attached hydrogens (tertiary/aromatic N) is 4. The predicted molar refractivity (Wildman–Crippen MR) is 86.0 cm³/mol. The van der Waals surface area contributed by atoms with Crippen LogP contribution in [0.15, 0.2) is 48.8 Å². The molecule has 0 spiro atoms. The Hall–Kier alpha value is -2.95. The first-order chi connectivity index (χ1) is 10.7. The van der Waals surface area contributed by atoms with Crippen LogP contribution in [0.1, 0.15) is 16.7 Å². The van der Waals surface area contributed by atoms with Crippen LogP contribution in [0.3, 0.4) is 0 Å². The second-order valence-corrected chi connectivity index (χ2v) is 5.54. The summed E-state index contributed by atoms with van der Waals surface area (Å²) in [7, 11) is 0. The largest absolute Gasteiger partial charge is 0.284 e. The number of hydrazone groups is 1. The van der Waals surface area contributed by atoms with Crippen molar-refractivity contribution >= 4 is 17.9 Å². The van der Waals surface area contributed by atoms with Crippen molar-refractivity contribution in [2.75, 3.05) is 5.43 Å². The Labute approximate surface area is 128 Å². The van der Waals surface area contributed by atoms with Gasteiger partial charge in [0, 0.05) is 11.6 Å². The molecule has 108 valence electrons. The van der Waals surface area contributed by atoms with E-state index in [4.69, 9.17) is 0 Å². The molecule has 0 bridgehead atoms. The zero-order valence-electron chi connectivity index (χ0n) is 12.5. The summed E-state index contributed by atoms with van der Waals surface area (Å²) in [6.45, 7) is 4.18. The molecule has 0 amide bonds. The molecule has 0 radical (unpaired) electrons. The Kier molecular flexibility index (Phi) is 2.79. The maximum atomic E-state index is 4.12. The first-order valence-corrected chi connectivity index (χ1v) is 7.19. The Morgan fingerprint density at radius 2 is 1.82 bits per heavy atom. The molecule has 22 heavy (non-hydrogen) atoms. The fraction of sp³-hybridized carbons (Fsp3) is 0.118. The molecule has 1 aliphatic rings. The first-order valence-electron chi connectivity index (χ1n) is 7.19. The Bertz CT molecular complexity index is 874. The van der Waals surface area contributed by atoms with Crippen LogP contribution in [0.5, 0.6) is 0 Å². The van der Waals surface area contributed by atoms with Crippen molar-refractivity contribution in [3.05, 3.63) is 65.5 Å². The third-order valence-electron chi connectivity index (χ3n) is 3.77. The first kappa shape index (κ1) is 12.8. The summed E-state index contributed by atoms with van der Waals surface area (Å²) in [5.74, 6) is 0.708. The van der Waals surface area contributed by atoms with Gasteiger partial charge in [-0.3, -0.25) is 4.57 Å². The van der Waals surface area contributed by atoms with Crippen molar-refractivity contribution < 1.29 is 4.68 Å². The van der Waals surface area contributed by atoms with E-state index in [0.717, 1.165) is 16.9 Å². The van der Waals surface area contributed by atoms with Gasteiger partial charge < -0.3 is 0 Å². The van der Waals surface area contributed by atoms with Gasteiger partial charge in [-0.05, 0) is 37.6 Å². The lowest BCUT2D eigenvalue weighted by Gasteiger charge is -2.16. The minimum atomic E-state index is 0.708. The lowest BCUT2D eigenvalue weighted by Crippen LogP contribution is -2.24. The normalized spacial score (nSPS) is 14.4. The molecule has 0 saturated carbocycles. The standard InChI is InChI=1S/C17H16N5/c1-12-3-6-14(7-4-12)10-22-16-9-13(2)5-8-15(16)21-11-18-19-17(21)20-22/h3-11H,1-2H3,(H,19,20)/q+1/b22-10-. The number of aryl methyl sites for hydroxylation is 2. The fourth-order valence-corrected chi connectivity index (χ4v) is 2.59. The molecule has 0 saturated heterocycles. The van der Waals surface area contributed by atoms with Gasteiger partial charge in [0.05, 0.1) is 0 Å². The third-order valence-corrected chi connectivity index (χ3v) is 3.77. The minimum absolute atomic E-state index is 0.708. The Morgan fingerprint density at radius 1 is 1.05 bits per heavy atom. The van der Waals surface area contributed by atoms with E-state index in [1.807, 2.05) is 9.25 Å². The molecule has 4 rings (SSSR count). The summed E-state index contributed by atoms with van der Waals surface area (Å²) < 4.78 is 3.95. The number of hydrazine groups is 1. The number of fused-ring (bicyclic) bond motifs is 3. The summed E-state index contributed by atoms with van der Waals surface area (Å²) in [5.41, 5.74) is 9.01. The molecule has 3 aromatic rings. The van der Waals surface area contributed by atoms with E-state index in [-0.39, 0.29) is 0 Å². The van der Waals surface area contributed by atoms with Gasteiger partial charge in [0.15, 0.2) is 0 Å². The fourth-order valence-electron chi connectivity index (χ4n) is 2.59. The monoisotopic (exact) mass is 290 g/mol. The predicted octanol–water partition coefficient (Wildman–Crippen LogP) is 2.99. The van der Waals surface area contributed by atoms with Crippen molar-refractivity contribution in [2.45, 2.75) is 13.8 Å². The van der Waals surface area contributed by atoms with E-state index in [2.05, 4.69) is 78.1 Å². The van der Waals surface area contributed by atoms with Crippen LogP contribution >= 0.6 is 0 Å². The van der Waals surface area contributed by atoms with Gasteiger partial charge in [-0.1, -0.05) is 28.4 Å². The highest BCUT2D eigenvalue weighted by molar-refractivity contribution is 5.78. The molecule has 0 aliphatic carbocycles. The maximum absolute atomic E-state index is 4.12. The van der Waals surface area contributed by atoms with Gasteiger partial charge in [0.1, 0.15) is 12.0 Å². The number of hydrogen-bond donors (Lipinski definition) is 1. The van der Waals surface area contributed by atoms with Crippen LogP contribution in [-0.2, 0) is 0 Å². The van der Waals surface area contributed by atoms with Crippen LogP contribution in [0, 0.1) is 13.8 Å². The van der Waals surface area contributed by atoms with Crippen LogP contribution in [0.25, 0.3) is 5.69 Å². The minimum Gasteiger partial charge on any atom is -0.257 e. The van der Waals surface area contributed by atoms with Gasteiger partial charge >= 0.3 is 0 Å². The number of hydrogen-bond acceptors (Lipinski definition) is 3. The summed E-state index contributed by atoms with van der Waals surface area (Å²) in [4.78, 5) is 0. The van der Waals surface area contributed by atoms with Crippen LogP contribution in [0.2, 0.25) is 0 Å². The van der Waals surface area contributed by atoms with E-state index in [9.17, 15) is 0 Å². The van der Waals surface area contributed by atoms with E-state index in [0.29, 0.717) is 5.95 Å². The van der Waals surface area contributed by atoms with Gasteiger partial charge in [-0.15, -0.1) is 15.6 Å². The molecule has 2 aromatic carbocycles. The van der Waals surface area contributed by atoms with Crippen molar-refractivity contribution in [3.63, 3.8) is 0 Å². The highest BCUT2D eigenvalue weighted by atomic mass is 15.5. The Balaban J connectivity index is 1.88. The smallest absolute Gasteiger partial charge is 0.257 e. The van der Waals surface area contributed by atoms with E-state index >= 15 is 0 Å². The molecule has 1 aromatic heterocycles.